The first kappa shape index (κ1) is 15.0. The highest BCUT2D eigenvalue weighted by molar-refractivity contribution is 7.89. The minimum absolute atomic E-state index is 0.0987. The topological polar surface area (TPSA) is 63.4 Å². The molecule has 0 unspecified atom stereocenters. The highest BCUT2D eigenvalue weighted by Gasteiger charge is 2.30. The average Bonchev–Trinajstić information content (AvgIpc) is 2.36. The SMILES string of the molecule is CC1=CCCN(S(=O)(=O)c2c(C)cc(F)c(N)c2C)C1. The highest BCUT2D eigenvalue weighted by Crippen LogP contribution is 2.30. The van der Waals surface area contributed by atoms with E-state index >= 15 is 0 Å². The zero-order valence-corrected chi connectivity index (χ0v) is 12.7. The van der Waals surface area contributed by atoms with Gasteiger partial charge in [-0.2, -0.15) is 4.31 Å². The molecule has 1 aliphatic heterocycles. The van der Waals surface area contributed by atoms with Crippen LogP contribution >= 0.6 is 0 Å². The number of anilines is 1. The van der Waals surface area contributed by atoms with Gasteiger partial charge in [-0.25, -0.2) is 12.8 Å². The van der Waals surface area contributed by atoms with Crippen LogP contribution in [0.15, 0.2) is 22.6 Å². The molecule has 0 saturated heterocycles. The number of hydrogen-bond acceptors (Lipinski definition) is 3. The van der Waals surface area contributed by atoms with Crippen molar-refractivity contribution < 1.29 is 12.8 Å². The number of aryl methyl sites for hydroxylation is 1. The van der Waals surface area contributed by atoms with Gasteiger partial charge >= 0.3 is 0 Å². The van der Waals surface area contributed by atoms with Gasteiger partial charge in [-0.15, -0.1) is 0 Å². The van der Waals surface area contributed by atoms with Gasteiger partial charge < -0.3 is 5.73 Å². The number of hydrogen-bond donors (Lipinski definition) is 1. The van der Waals surface area contributed by atoms with Crippen molar-refractivity contribution in [1.29, 1.82) is 0 Å². The third-order valence-corrected chi connectivity index (χ3v) is 5.73. The summed E-state index contributed by atoms with van der Waals surface area (Å²) in [4.78, 5) is 0.131. The lowest BCUT2D eigenvalue weighted by Gasteiger charge is -2.27. The molecule has 0 atom stereocenters. The van der Waals surface area contributed by atoms with Gasteiger partial charge in [0.1, 0.15) is 5.82 Å². The third kappa shape index (κ3) is 2.45. The molecule has 1 aromatic rings. The number of nitrogens with two attached hydrogens (primary N) is 1. The van der Waals surface area contributed by atoms with Crippen molar-refractivity contribution in [3.63, 3.8) is 0 Å². The second-order valence-corrected chi connectivity index (χ2v) is 7.10. The number of rotatable bonds is 2. The summed E-state index contributed by atoms with van der Waals surface area (Å²) in [7, 11) is -3.65. The first-order valence-corrected chi connectivity index (χ1v) is 7.90. The molecule has 0 spiro atoms. The van der Waals surface area contributed by atoms with Crippen LogP contribution in [0.4, 0.5) is 10.1 Å². The Balaban J connectivity index is 2.56. The van der Waals surface area contributed by atoms with Crippen LogP contribution in [0, 0.1) is 19.7 Å². The van der Waals surface area contributed by atoms with Gasteiger partial charge in [0.15, 0.2) is 0 Å². The Kier molecular flexibility index (Phi) is 3.88. The second-order valence-electron chi connectivity index (χ2n) is 5.22. The lowest BCUT2D eigenvalue weighted by Crippen LogP contribution is -2.36. The third-order valence-electron chi connectivity index (χ3n) is 3.60. The van der Waals surface area contributed by atoms with Crippen LogP contribution in [0.5, 0.6) is 0 Å². The van der Waals surface area contributed by atoms with E-state index in [0.717, 1.165) is 5.57 Å². The number of nitrogen functional groups attached to an aromatic ring is 1. The molecule has 0 amide bonds. The molecule has 0 aromatic heterocycles. The van der Waals surface area contributed by atoms with Crippen LogP contribution in [0.25, 0.3) is 0 Å². The Morgan fingerprint density at radius 1 is 1.30 bits per heavy atom. The van der Waals surface area contributed by atoms with Gasteiger partial charge in [0.05, 0.1) is 10.6 Å². The van der Waals surface area contributed by atoms with Crippen molar-refractivity contribution in [2.24, 2.45) is 0 Å². The predicted octanol–water partition coefficient (Wildman–Crippen LogP) is 2.37. The molecular weight excluding hydrogens is 279 g/mol. The molecule has 2 N–H and O–H groups in total. The summed E-state index contributed by atoms with van der Waals surface area (Å²) in [6.45, 7) is 5.86. The van der Waals surface area contributed by atoms with Crippen molar-refractivity contribution in [3.05, 3.63) is 34.7 Å². The van der Waals surface area contributed by atoms with Crippen LogP contribution in [0.1, 0.15) is 24.5 Å². The Labute approximate surface area is 119 Å². The van der Waals surface area contributed by atoms with E-state index in [1.54, 1.807) is 13.8 Å². The smallest absolute Gasteiger partial charge is 0.243 e. The van der Waals surface area contributed by atoms with E-state index < -0.39 is 15.8 Å². The van der Waals surface area contributed by atoms with Crippen molar-refractivity contribution in [3.8, 4) is 0 Å². The summed E-state index contributed by atoms with van der Waals surface area (Å²) in [5.41, 5.74) is 7.23. The van der Waals surface area contributed by atoms with E-state index in [9.17, 15) is 12.8 Å². The van der Waals surface area contributed by atoms with Gasteiger partial charge in [0.2, 0.25) is 10.0 Å². The Morgan fingerprint density at radius 2 is 1.95 bits per heavy atom. The van der Waals surface area contributed by atoms with Crippen molar-refractivity contribution in [1.82, 2.24) is 4.31 Å². The number of sulfonamides is 1. The van der Waals surface area contributed by atoms with Crippen molar-refractivity contribution in [2.75, 3.05) is 18.8 Å². The Hall–Kier alpha value is -1.40. The first-order chi connectivity index (χ1) is 9.25. The minimum atomic E-state index is -3.65. The monoisotopic (exact) mass is 298 g/mol. The number of halogens is 1. The van der Waals surface area contributed by atoms with Crippen molar-refractivity contribution >= 4 is 15.7 Å². The minimum Gasteiger partial charge on any atom is -0.396 e. The predicted molar refractivity (Wildman–Crippen MR) is 77.4 cm³/mol. The maximum absolute atomic E-state index is 13.6. The lowest BCUT2D eigenvalue weighted by molar-refractivity contribution is 0.427. The quantitative estimate of drug-likeness (QED) is 0.673. The molecule has 6 heteroatoms. The molecule has 0 aliphatic carbocycles. The molecule has 0 fully saturated rings. The van der Waals surface area contributed by atoms with Crippen LogP contribution in [0.3, 0.4) is 0 Å². The summed E-state index contributed by atoms with van der Waals surface area (Å²) in [6.07, 6.45) is 2.73. The van der Waals surface area contributed by atoms with Gasteiger partial charge in [-0.1, -0.05) is 11.6 Å². The molecular formula is C14H19FN2O2S. The average molecular weight is 298 g/mol. The Morgan fingerprint density at radius 3 is 2.55 bits per heavy atom. The van der Waals surface area contributed by atoms with Gasteiger partial charge in [-0.05, 0) is 44.4 Å². The largest absolute Gasteiger partial charge is 0.396 e. The van der Waals surface area contributed by atoms with Crippen molar-refractivity contribution in [2.45, 2.75) is 32.1 Å². The lowest BCUT2D eigenvalue weighted by atomic mass is 10.1. The first-order valence-electron chi connectivity index (χ1n) is 6.46. The zero-order chi connectivity index (χ0) is 15.1. The van der Waals surface area contributed by atoms with E-state index in [0.29, 0.717) is 25.1 Å². The second kappa shape index (κ2) is 5.18. The molecule has 0 radical (unpaired) electrons. The fraction of sp³-hybridized carbons (Fsp3) is 0.429. The summed E-state index contributed by atoms with van der Waals surface area (Å²) in [5, 5.41) is 0. The van der Waals surface area contributed by atoms with E-state index in [-0.39, 0.29) is 16.1 Å². The summed E-state index contributed by atoms with van der Waals surface area (Å²) in [6, 6.07) is 1.18. The highest BCUT2D eigenvalue weighted by atomic mass is 32.2. The van der Waals surface area contributed by atoms with E-state index in [1.165, 1.54) is 10.4 Å². The van der Waals surface area contributed by atoms with E-state index in [4.69, 9.17) is 5.73 Å². The van der Waals surface area contributed by atoms with Gasteiger partial charge in [0.25, 0.3) is 0 Å². The van der Waals surface area contributed by atoms with Gasteiger partial charge in [0, 0.05) is 13.1 Å². The normalized spacial score (nSPS) is 17.1. The van der Waals surface area contributed by atoms with Crippen LogP contribution in [0.2, 0.25) is 0 Å². The number of benzene rings is 1. The molecule has 20 heavy (non-hydrogen) atoms. The van der Waals surface area contributed by atoms with Crippen LogP contribution < -0.4 is 5.73 Å². The van der Waals surface area contributed by atoms with Gasteiger partial charge in [-0.3, -0.25) is 0 Å². The molecule has 1 aliphatic rings. The maximum Gasteiger partial charge on any atom is 0.243 e. The molecule has 0 bridgehead atoms. The molecule has 2 rings (SSSR count). The molecule has 4 nitrogen and oxygen atoms in total. The van der Waals surface area contributed by atoms with Crippen LogP contribution in [-0.2, 0) is 10.0 Å². The fourth-order valence-electron chi connectivity index (χ4n) is 2.54. The molecule has 1 aromatic carbocycles. The maximum atomic E-state index is 13.6. The number of nitrogens with zero attached hydrogens (tertiary/aromatic N) is 1. The summed E-state index contributed by atoms with van der Waals surface area (Å²) >= 11 is 0. The molecule has 0 saturated carbocycles. The Bertz CT molecular complexity index is 681. The molecule has 110 valence electrons. The standard InChI is InChI=1S/C14H19FN2O2S/c1-9-5-4-6-17(8-9)20(18,19)14-10(2)7-12(15)13(16)11(14)3/h5,7H,4,6,8,16H2,1-3H3. The zero-order valence-electron chi connectivity index (χ0n) is 11.9. The van der Waals surface area contributed by atoms with E-state index in [2.05, 4.69) is 0 Å². The summed E-state index contributed by atoms with van der Waals surface area (Å²) in [5.74, 6) is -0.575. The van der Waals surface area contributed by atoms with Crippen LogP contribution in [-0.4, -0.2) is 25.8 Å². The van der Waals surface area contributed by atoms with E-state index in [1.807, 2.05) is 13.0 Å². The molecule has 1 heterocycles. The fourth-order valence-corrected chi connectivity index (χ4v) is 4.48. The summed E-state index contributed by atoms with van der Waals surface area (Å²) < 4.78 is 40.5.